The predicted molar refractivity (Wildman–Crippen MR) is 46.4 cm³/mol. The third kappa shape index (κ3) is 8.81. The molecule has 0 spiro atoms. The third-order valence-electron chi connectivity index (χ3n) is 1.07. The second-order valence-electron chi connectivity index (χ2n) is 3.57. The van der Waals surface area contributed by atoms with Crippen molar-refractivity contribution in [1.29, 1.82) is 0 Å². The summed E-state index contributed by atoms with van der Waals surface area (Å²) in [5.74, 6) is -1.48. The maximum absolute atomic E-state index is 10.9. The number of aliphatic carboxylic acids is 1. The molecule has 0 aromatic carbocycles. The van der Waals surface area contributed by atoms with E-state index < -0.39 is 11.9 Å². The first-order chi connectivity index (χ1) is 5.81. The number of ether oxygens (including phenoxy) is 1. The number of carboxylic acid groups (broad SMARTS) is 1. The van der Waals surface area contributed by atoms with Crippen LogP contribution in [0.2, 0.25) is 0 Å². The van der Waals surface area contributed by atoms with E-state index in [4.69, 9.17) is 9.84 Å². The lowest BCUT2D eigenvalue weighted by atomic mass is 10.2. The minimum atomic E-state index is -1.07. The zero-order chi connectivity index (χ0) is 10.5. The number of carboxylic acids is 1. The molecule has 0 saturated carbocycles. The molecule has 5 heteroatoms. The van der Waals surface area contributed by atoms with E-state index in [1.807, 2.05) is 20.8 Å². The molecule has 0 aliphatic carbocycles. The summed E-state index contributed by atoms with van der Waals surface area (Å²) in [5.41, 5.74) is -0.388. The third-order valence-corrected chi connectivity index (χ3v) is 1.07. The number of carbonyl (C=O) groups is 2. The van der Waals surface area contributed by atoms with Gasteiger partial charge in [-0.25, -0.2) is 0 Å². The molecular weight excluding hydrogens is 174 g/mol. The average Bonchev–Trinajstić information content (AvgIpc) is 1.95. The summed E-state index contributed by atoms with van der Waals surface area (Å²) in [6, 6.07) is 0. The van der Waals surface area contributed by atoms with Gasteiger partial charge in [0.1, 0.15) is 13.2 Å². The van der Waals surface area contributed by atoms with Crippen molar-refractivity contribution < 1.29 is 19.4 Å². The summed E-state index contributed by atoms with van der Waals surface area (Å²) in [4.78, 5) is 20.9. The fourth-order valence-corrected chi connectivity index (χ4v) is 0.507. The Morgan fingerprint density at radius 1 is 1.38 bits per heavy atom. The summed E-state index contributed by atoms with van der Waals surface area (Å²) in [5, 5.41) is 10.4. The minimum Gasteiger partial charge on any atom is -0.480 e. The van der Waals surface area contributed by atoms with Crippen LogP contribution < -0.4 is 5.32 Å². The molecule has 0 saturated heterocycles. The lowest BCUT2D eigenvalue weighted by Crippen LogP contribution is -2.35. The highest BCUT2D eigenvalue weighted by atomic mass is 16.5. The number of rotatable bonds is 4. The van der Waals surface area contributed by atoms with E-state index in [2.05, 4.69) is 5.32 Å². The van der Waals surface area contributed by atoms with Crippen molar-refractivity contribution in [3.8, 4) is 0 Å². The van der Waals surface area contributed by atoms with Gasteiger partial charge in [0.15, 0.2) is 0 Å². The van der Waals surface area contributed by atoms with E-state index in [1.165, 1.54) is 0 Å². The average molecular weight is 189 g/mol. The molecule has 5 nitrogen and oxygen atoms in total. The summed E-state index contributed by atoms with van der Waals surface area (Å²) in [7, 11) is 0. The molecule has 0 heterocycles. The molecular formula is C8H15NO4. The maximum Gasteiger partial charge on any atom is 0.322 e. The molecule has 0 aliphatic heterocycles. The number of amides is 1. The Kier molecular flexibility index (Phi) is 4.40. The van der Waals surface area contributed by atoms with Crippen LogP contribution in [0.15, 0.2) is 0 Å². The van der Waals surface area contributed by atoms with Crippen molar-refractivity contribution in [3.63, 3.8) is 0 Å². The summed E-state index contributed by atoms with van der Waals surface area (Å²) in [6.07, 6.45) is 0. The van der Waals surface area contributed by atoms with Gasteiger partial charge >= 0.3 is 5.97 Å². The van der Waals surface area contributed by atoms with Crippen molar-refractivity contribution in [2.24, 2.45) is 0 Å². The molecule has 0 aromatic rings. The van der Waals surface area contributed by atoms with Gasteiger partial charge in [0, 0.05) is 0 Å². The maximum atomic E-state index is 10.9. The molecule has 13 heavy (non-hydrogen) atoms. The van der Waals surface area contributed by atoms with E-state index in [0.717, 1.165) is 0 Å². The highest BCUT2D eigenvalue weighted by Crippen LogP contribution is 2.05. The fraction of sp³-hybridized carbons (Fsp3) is 0.750. The van der Waals surface area contributed by atoms with Gasteiger partial charge in [-0.2, -0.15) is 0 Å². The Morgan fingerprint density at radius 2 is 1.92 bits per heavy atom. The Labute approximate surface area is 77.1 Å². The van der Waals surface area contributed by atoms with Gasteiger partial charge in [-0.1, -0.05) is 0 Å². The first-order valence-corrected chi connectivity index (χ1v) is 3.94. The molecule has 0 radical (unpaired) electrons. The minimum absolute atomic E-state index is 0.114. The summed E-state index contributed by atoms with van der Waals surface area (Å²) < 4.78 is 5.12. The molecule has 0 rings (SSSR count). The van der Waals surface area contributed by atoms with Crippen LogP contribution in [0, 0.1) is 0 Å². The van der Waals surface area contributed by atoms with E-state index >= 15 is 0 Å². The molecule has 0 unspecified atom stereocenters. The van der Waals surface area contributed by atoms with Crippen LogP contribution in [0.3, 0.4) is 0 Å². The lowest BCUT2D eigenvalue weighted by molar-refractivity contribution is -0.139. The van der Waals surface area contributed by atoms with Crippen LogP contribution in [-0.2, 0) is 14.3 Å². The number of nitrogens with one attached hydrogen (secondary N) is 1. The van der Waals surface area contributed by atoms with Crippen molar-refractivity contribution in [2.45, 2.75) is 26.4 Å². The van der Waals surface area contributed by atoms with Gasteiger partial charge in [-0.3, -0.25) is 9.59 Å². The molecule has 1 amide bonds. The zero-order valence-corrected chi connectivity index (χ0v) is 8.09. The highest BCUT2D eigenvalue weighted by Gasteiger charge is 2.12. The van der Waals surface area contributed by atoms with Gasteiger partial charge in [0.25, 0.3) is 0 Å². The second-order valence-corrected chi connectivity index (χ2v) is 3.57. The fourth-order valence-electron chi connectivity index (χ4n) is 0.507. The van der Waals surface area contributed by atoms with E-state index in [0.29, 0.717) is 0 Å². The Balaban J connectivity index is 3.58. The lowest BCUT2D eigenvalue weighted by Gasteiger charge is -2.18. The van der Waals surface area contributed by atoms with Crippen LogP contribution in [0.5, 0.6) is 0 Å². The number of hydrogen-bond acceptors (Lipinski definition) is 3. The molecule has 0 atom stereocenters. The first-order valence-electron chi connectivity index (χ1n) is 3.94. The van der Waals surface area contributed by atoms with Gasteiger partial charge in [-0.05, 0) is 20.8 Å². The Morgan fingerprint density at radius 3 is 2.31 bits per heavy atom. The monoisotopic (exact) mass is 189 g/mol. The Bertz CT molecular complexity index is 195. The molecule has 2 N–H and O–H groups in total. The van der Waals surface area contributed by atoms with Gasteiger partial charge in [-0.15, -0.1) is 0 Å². The highest BCUT2D eigenvalue weighted by molar-refractivity contribution is 5.81. The van der Waals surface area contributed by atoms with E-state index in [9.17, 15) is 9.59 Å². The van der Waals surface area contributed by atoms with E-state index in [-0.39, 0.29) is 18.8 Å². The van der Waals surface area contributed by atoms with Crippen LogP contribution in [0.4, 0.5) is 0 Å². The smallest absolute Gasteiger partial charge is 0.322 e. The van der Waals surface area contributed by atoms with E-state index in [1.54, 1.807) is 0 Å². The number of hydrogen-bond donors (Lipinski definition) is 2. The van der Waals surface area contributed by atoms with Crippen molar-refractivity contribution in [1.82, 2.24) is 5.32 Å². The zero-order valence-electron chi connectivity index (χ0n) is 8.09. The first kappa shape index (κ1) is 11.9. The van der Waals surface area contributed by atoms with Gasteiger partial charge < -0.3 is 15.2 Å². The standard InChI is InChI=1S/C8H15NO4/c1-8(2,3)13-5-6(10)9-4-7(11)12/h4-5H2,1-3H3,(H,9,10)(H,11,12). The SMILES string of the molecule is CC(C)(C)OCC(=O)NCC(=O)O. The van der Waals surface area contributed by atoms with Crippen LogP contribution in [-0.4, -0.2) is 35.7 Å². The molecule has 0 bridgehead atoms. The van der Waals surface area contributed by atoms with Gasteiger partial charge in [0.2, 0.25) is 5.91 Å². The number of carbonyl (C=O) groups excluding carboxylic acids is 1. The summed E-state index contributed by atoms with van der Waals surface area (Å²) in [6.45, 7) is 4.97. The largest absolute Gasteiger partial charge is 0.480 e. The Hall–Kier alpha value is -1.10. The topological polar surface area (TPSA) is 75.6 Å². The van der Waals surface area contributed by atoms with Crippen LogP contribution in [0.1, 0.15) is 20.8 Å². The normalized spacial score (nSPS) is 11.0. The predicted octanol–water partition coefficient (Wildman–Crippen LogP) is 0.00230. The van der Waals surface area contributed by atoms with Crippen LogP contribution in [0.25, 0.3) is 0 Å². The van der Waals surface area contributed by atoms with Crippen LogP contribution >= 0.6 is 0 Å². The quantitative estimate of drug-likeness (QED) is 0.652. The molecule has 0 fully saturated rings. The van der Waals surface area contributed by atoms with Crippen molar-refractivity contribution >= 4 is 11.9 Å². The van der Waals surface area contributed by atoms with Crippen molar-refractivity contribution in [3.05, 3.63) is 0 Å². The van der Waals surface area contributed by atoms with Crippen molar-refractivity contribution in [2.75, 3.05) is 13.2 Å². The molecule has 76 valence electrons. The summed E-state index contributed by atoms with van der Waals surface area (Å²) >= 11 is 0. The second kappa shape index (κ2) is 4.81. The van der Waals surface area contributed by atoms with Gasteiger partial charge in [0.05, 0.1) is 5.60 Å². The molecule has 0 aromatic heterocycles. The molecule has 0 aliphatic rings.